The minimum atomic E-state index is -5.07. The van der Waals surface area contributed by atoms with Crippen molar-refractivity contribution in [2.75, 3.05) is 13.1 Å². The molecule has 1 atom stereocenters. The van der Waals surface area contributed by atoms with Crippen molar-refractivity contribution in [1.82, 2.24) is 25.9 Å². The molecule has 0 spiro atoms. The highest BCUT2D eigenvalue weighted by Gasteiger charge is 2.45. The number of aromatic amines is 1. The number of aromatic nitrogens is 2. The van der Waals surface area contributed by atoms with E-state index < -0.39 is 18.2 Å². The first-order valence-electron chi connectivity index (χ1n) is 8.49. The van der Waals surface area contributed by atoms with Gasteiger partial charge in [0, 0.05) is 6.54 Å². The van der Waals surface area contributed by atoms with Crippen LogP contribution in [0.25, 0.3) is 11.0 Å². The van der Waals surface area contributed by atoms with Crippen LogP contribution in [0.4, 0.5) is 13.2 Å². The molecular weight excluding hydrogens is 363 g/mol. The molecule has 2 aromatic rings. The summed E-state index contributed by atoms with van der Waals surface area (Å²) in [7, 11) is 0. The molecule has 1 aromatic heterocycles. The van der Waals surface area contributed by atoms with E-state index in [1.165, 1.54) is 0 Å². The Morgan fingerprint density at radius 1 is 1.30 bits per heavy atom. The van der Waals surface area contributed by atoms with Crippen LogP contribution >= 0.6 is 0 Å². The number of nitrogens with zero attached hydrogens (tertiary/aromatic N) is 2. The Bertz CT molecular complexity index is 911. The van der Waals surface area contributed by atoms with Gasteiger partial charge in [-0.25, -0.2) is 9.78 Å². The van der Waals surface area contributed by atoms with E-state index in [0.29, 0.717) is 31.0 Å². The molecular formula is C17H18F3N5O2. The molecule has 4 rings (SSSR count). The second-order valence-electron chi connectivity index (χ2n) is 6.71. The van der Waals surface area contributed by atoms with Crippen molar-refractivity contribution in [1.29, 1.82) is 0 Å². The maximum atomic E-state index is 12.6. The SMILES string of the molecule is Cc1cc2nc(C3NN(OC(=O)C(F)(F)F)C4=C3CCNC4)[nH]c2cc1C. The van der Waals surface area contributed by atoms with E-state index in [-0.39, 0.29) is 0 Å². The number of H-pyrrole nitrogens is 1. The maximum absolute atomic E-state index is 12.6. The van der Waals surface area contributed by atoms with Crippen LogP contribution < -0.4 is 10.7 Å². The molecule has 0 bridgehead atoms. The van der Waals surface area contributed by atoms with Crippen LogP contribution in [-0.2, 0) is 9.63 Å². The molecule has 0 saturated carbocycles. The lowest BCUT2D eigenvalue weighted by Crippen LogP contribution is -2.41. The highest BCUT2D eigenvalue weighted by atomic mass is 19.4. The number of rotatable bonds is 2. The summed E-state index contributed by atoms with van der Waals surface area (Å²) in [5.74, 6) is -1.71. The largest absolute Gasteiger partial charge is 0.493 e. The smallest absolute Gasteiger partial charge is 0.340 e. The molecule has 2 aliphatic heterocycles. The third-order valence-electron chi connectivity index (χ3n) is 4.87. The minimum Gasteiger partial charge on any atom is -0.340 e. The predicted molar refractivity (Wildman–Crippen MR) is 89.9 cm³/mol. The summed E-state index contributed by atoms with van der Waals surface area (Å²) in [5, 5.41) is 3.88. The van der Waals surface area contributed by atoms with Crippen molar-refractivity contribution in [2.45, 2.75) is 32.5 Å². The van der Waals surface area contributed by atoms with Gasteiger partial charge in [0.1, 0.15) is 11.9 Å². The second kappa shape index (κ2) is 6.24. The fourth-order valence-electron chi connectivity index (χ4n) is 3.34. The molecule has 0 aliphatic carbocycles. The fourth-order valence-corrected chi connectivity index (χ4v) is 3.34. The van der Waals surface area contributed by atoms with E-state index >= 15 is 0 Å². The predicted octanol–water partition coefficient (Wildman–Crippen LogP) is 2.31. The summed E-state index contributed by atoms with van der Waals surface area (Å²) >= 11 is 0. The first kappa shape index (κ1) is 17.8. The third kappa shape index (κ3) is 3.15. The van der Waals surface area contributed by atoms with Crippen molar-refractivity contribution < 1.29 is 22.8 Å². The molecule has 3 heterocycles. The maximum Gasteiger partial charge on any atom is 0.493 e. The van der Waals surface area contributed by atoms with Gasteiger partial charge in [0.15, 0.2) is 0 Å². The van der Waals surface area contributed by atoms with E-state index in [4.69, 9.17) is 0 Å². The molecule has 1 unspecified atom stereocenters. The average Bonchev–Trinajstić information content (AvgIpc) is 3.16. The molecule has 0 saturated heterocycles. The summed E-state index contributed by atoms with van der Waals surface area (Å²) < 4.78 is 37.7. The van der Waals surface area contributed by atoms with Crippen LogP contribution in [0, 0.1) is 13.8 Å². The molecule has 3 N–H and O–H groups in total. The molecule has 7 nitrogen and oxygen atoms in total. The quantitative estimate of drug-likeness (QED) is 0.741. The number of hydrazine groups is 1. The Morgan fingerprint density at radius 3 is 2.78 bits per heavy atom. The molecule has 0 fully saturated rings. The lowest BCUT2D eigenvalue weighted by Gasteiger charge is -2.23. The summed E-state index contributed by atoms with van der Waals surface area (Å²) in [6.07, 6.45) is -4.47. The van der Waals surface area contributed by atoms with E-state index in [9.17, 15) is 18.0 Å². The zero-order valence-corrected chi connectivity index (χ0v) is 14.7. The van der Waals surface area contributed by atoms with Crippen LogP contribution in [0.3, 0.4) is 0 Å². The monoisotopic (exact) mass is 381 g/mol. The van der Waals surface area contributed by atoms with E-state index in [2.05, 4.69) is 25.5 Å². The number of benzene rings is 1. The number of hydrogen-bond donors (Lipinski definition) is 3. The van der Waals surface area contributed by atoms with Gasteiger partial charge < -0.3 is 15.1 Å². The zero-order chi connectivity index (χ0) is 19.3. The van der Waals surface area contributed by atoms with Crippen LogP contribution in [0.1, 0.15) is 29.4 Å². The molecule has 1 aromatic carbocycles. The van der Waals surface area contributed by atoms with Crippen LogP contribution in [0.5, 0.6) is 0 Å². The molecule has 27 heavy (non-hydrogen) atoms. The number of halogens is 3. The number of aryl methyl sites for hydroxylation is 2. The number of fused-ring (bicyclic) bond motifs is 1. The van der Waals surface area contributed by atoms with E-state index in [0.717, 1.165) is 32.9 Å². The normalized spacial score (nSPS) is 20.3. The van der Waals surface area contributed by atoms with E-state index in [1.807, 2.05) is 26.0 Å². The van der Waals surface area contributed by atoms with Gasteiger partial charge in [-0.3, -0.25) is 0 Å². The van der Waals surface area contributed by atoms with Crippen LogP contribution in [0.2, 0.25) is 0 Å². The number of imidazole rings is 1. The summed E-state index contributed by atoms with van der Waals surface area (Å²) in [5.41, 5.74) is 7.97. The number of nitrogens with one attached hydrogen (secondary N) is 3. The Morgan fingerprint density at radius 2 is 2.04 bits per heavy atom. The lowest BCUT2D eigenvalue weighted by atomic mass is 10.0. The van der Waals surface area contributed by atoms with Crippen molar-refractivity contribution in [3.05, 3.63) is 40.4 Å². The summed E-state index contributed by atoms with van der Waals surface area (Å²) in [4.78, 5) is 23.6. The van der Waals surface area contributed by atoms with Crippen LogP contribution in [0.15, 0.2) is 23.4 Å². The van der Waals surface area contributed by atoms with Gasteiger partial charge in [0.05, 0.1) is 16.7 Å². The third-order valence-corrected chi connectivity index (χ3v) is 4.87. The lowest BCUT2D eigenvalue weighted by molar-refractivity contribution is -0.240. The zero-order valence-electron chi connectivity index (χ0n) is 14.7. The second-order valence-corrected chi connectivity index (χ2v) is 6.71. The van der Waals surface area contributed by atoms with Gasteiger partial charge >= 0.3 is 12.1 Å². The Labute approximate surface area is 152 Å². The van der Waals surface area contributed by atoms with Gasteiger partial charge in [-0.15, -0.1) is 5.17 Å². The van der Waals surface area contributed by atoms with Gasteiger partial charge in [0.25, 0.3) is 0 Å². The van der Waals surface area contributed by atoms with Crippen molar-refractivity contribution in [2.24, 2.45) is 0 Å². The molecule has 2 aliphatic rings. The highest BCUT2D eigenvalue weighted by Crippen LogP contribution is 2.36. The fraction of sp³-hybridized carbons (Fsp3) is 0.412. The average molecular weight is 381 g/mol. The van der Waals surface area contributed by atoms with Gasteiger partial charge in [-0.2, -0.15) is 18.6 Å². The molecule has 10 heteroatoms. The van der Waals surface area contributed by atoms with Crippen molar-refractivity contribution in [3.63, 3.8) is 0 Å². The first-order chi connectivity index (χ1) is 12.7. The molecule has 144 valence electrons. The Kier molecular flexibility index (Phi) is 4.11. The number of carbonyl (C=O) groups is 1. The van der Waals surface area contributed by atoms with Gasteiger partial charge in [0.2, 0.25) is 0 Å². The standard InChI is InChI=1S/C17H18F3N5O2/c1-8-5-11-12(6-9(8)2)23-15(22-11)14-10-3-4-21-7-13(10)25(24-14)27-16(26)17(18,19)20/h5-6,14,21,24H,3-4,7H2,1-2H3,(H,22,23). The van der Waals surface area contributed by atoms with Crippen LogP contribution in [-0.4, -0.2) is 40.4 Å². The van der Waals surface area contributed by atoms with E-state index in [1.54, 1.807) is 0 Å². The molecule has 0 radical (unpaired) electrons. The highest BCUT2D eigenvalue weighted by molar-refractivity contribution is 5.77. The summed E-state index contributed by atoms with van der Waals surface area (Å²) in [6.45, 7) is 4.95. The topological polar surface area (TPSA) is 82.3 Å². The van der Waals surface area contributed by atoms with Crippen molar-refractivity contribution >= 4 is 17.0 Å². The number of carbonyl (C=O) groups excluding carboxylic acids is 1. The minimum absolute atomic E-state index is 0.294. The Balaban J connectivity index is 1.67. The summed E-state index contributed by atoms with van der Waals surface area (Å²) in [6, 6.07) is 3.45. The van der Waals surface area contributed by atoms with Gasteiger partial charge in [-0.1, -0.05) is 0 Å². The number of alkyl halides is 3. The molecule has 0 amide bonds. The number of hydrogen-bond acceptors (Lipinski definition) is 6. The first-order valence-corrected chi connectivity index (χ1v) is 8.49. The van der Waals surface area contributed by atoms with Crippen molar-refractivity contribution in [3.8, 4) is 0 Å². The van der Waals surface area contributed by atoms with Gasteiger partial charge in [-0.05, 0) is 55.6 Å². The Hall–Kier alpha value is -2.59. The number of hydroxylamine groups is 1.